The third kappa shape index (κ3) is 2.62. The number of rotatable bonds is 2. The molecular formula is C13H13Cl2IN4O. The minimum atomic E-state index is -0.598. The van der Waals surface area contributed by atoms with E-state index in [-0.39, 0.29) is 11.7 Å². The summed E-state index contributed by atoms with van der Waals surface area (Å²) in [4.78, 5) is 15.8. The van der Waals surface area contributed by atoms with Gasteiger partial charge in [-0.1, -0.05) is 23.2 Å². The molecule has 1 saturated heterocycles. The SMILES string of the molecule is NC(=O)c1cc(Cl)c2c(Cl)c(I)n(C3CCCNC3)c2n1. The van der Waals surface area contributed by atoms with Gasteiger partial charge in [0.15, 0.2) is 0 Å². The highest BCUT2D eigenvalue weighted by atomic mass is 127. The molecule has 0 aliphatic carbocycles. The molecule has 0 saturated carbocycles. The summed E-state index contributed by atoms with van der Waals surface area (Å²) in [5.74, 6) is -0.598. The molecule has 1 aliphatic heterocycles. The van der Waals surface area contributed by atoms with Crippen molar-refractivity contribution in [1.82, 2.24) is 14.9 Å². The zero-order valence-corrected chi connectivity index (χ0v) is 14.7. The monoisotopic (exact) mass is 438 g/mol. The first-order chi connectivity index (χ1) is 10.0. The van der Waals surface area contributed by atoms with Crippen molar-refractivity contribution >= 4 is 62.7 Å². The average molecular weight is 439 g/mol. The average Bonchev–Trinajstić information content (AvgIpc) is 2.72. The Kier molecular flexibility index (Phi) is 4.31. The van der Waals surface area contributed by atoms with Crippen LogP contribution in [0.4, 0.5) is 0 Å². The van der Waals surface area contributed by atoms with Gasteiger partial charge >= 0.3 is 0 Å². The van der Waals surface area contributed by atoms with E-state index in [2.05, 4.69) is 37.5 Å². The number of hydrogen-bond acceptors (Lipinski definition) is 3. The zero-order chi connectivity index (χ0) is 15.1. The van der Waals surface area contributed by atoms with Crippen LogP contribution in [0.2, 0.25) is 10.0 Å². The predicted molar refractivity (Wildman–Crippen MR) is 92.1 cm³/mol. The van der Waals surface area contributed by atoms with Crippen molar-refractivity contribution in [2.45, 2.75) is 18.9 Å². The molecule has 1 unspecified atom stereocenters. The summed E-state index contributed by atoms with van der Waals surface area (Å²) in [5, 5.41) is 5.02. The summed E-state index contributed by atoms with van der Waals surface area (Å²) < 4.78 is 2.94. The van der Waals surface area contributed by atoms with Crippen molar-refractivity contribution in [1.29, 1.82) is 0 Å². The van der Waals surface area contributed by atoms with Gasteiger partial charge in [-0.2, -0.15) is 0 Å². The number of amides is 1. The first-order valence-corrected chi connectivity index (χ1v) is 8.40. The number of hydrogen-bond donors (Lipinski definition) is 2. The highest BCUT2D eigenvalue weighted by molar-refractivity contribution is 14.1. The van der Waals surface area contributed by atoms with Crippen LogP contribution in [-0.4, -0.2) is 28.5 Å². The quantitative estimate of drug-likeness (QED) is 0.708. The van der Waals surface area contributed by atoms with E-state index in [1.165, 1.54) is 6.07 Å². The van der Waals surface area contributed by atoms with Crippen LogP contribution in [-0.2, 0) is 0 Å². The van der Waals surface area contributed by atoms with Crippen LogP contribution >= 0.6 is 45.8 Å². The second kappa shape index (κ2) is 5.91. The fourth-order valence-corrected chi connectivity index (χ4v) is 4.19. The van der Waals surface area contributed by atoms with E-state index in [4.69, 9.17) is 28.9 Å². The molecule has 21 heavy (non-hydrogen) atoms. The van der Waals surface area contributed by atoms with Gasteiger partial charge < -0.3 is 15.6 Å². The Labute approximate surface area is 145 Å². The maximum absolute atomic E-state index is 11.4. The molecular weight excluding hydrogens is 426 g/mol. The van der Waals surface area contributed by atoms with Gasteiger partial charge in [-0.05, 0) is 48.0 Å². The number of primary amides is 1. The maximum Gasteiger partial charge on any atom is 0.267 e. The second-order valence-electron chi connectivity index (χ2n) is 5.03. The van der Waals surface area contributed by atoms with Gasteiger partial charge in [0.25, 0.3) is 5.91 Å². The lowest BCUT2D eigenvalue weighted by Gasteiger charge is -2.25. The minimum absolute atomic E-state index is 0.156. The van der Waals surface area contributed by atoms with Crippen LogP contribution in [0.1, 0.15) is 29.4 Å². The number of carbonyl (C=O) groups is 1. The summed E-state index contributed by atoms with van der Waals surface area (Å²) >= 11 is 14.9. The van der Waals surface area contributed by atoms with Crippen LogP contribution in [0.15, 0.2) is 6.07 Å². The second-order valence-corrected chi connectivity index (χ2v) is 6.83. The lowest BCUT2D eigenvalue weighted by atomic mass is 10.1. The molecule has 1 amide bonds. The van der Waals surface area contributed by atoms with Crippen LogP contribution in [0.3, 0.4) is 0 Å². The largest absolute Gasteiger partial charge is 0.364 e. The maximum atomic E-state index is 11.4. The van der Waals surface area contributed by atoms with Gasteiger partial charge in [0.2, 0.25) is 0 Å². The Morgan fingerprint density at radius 1 is 1.52 bits per heavy atom. The fourth-order valence-electron chi connectivity index (χ4n) is 2.69. The lowest BCUT2D eigenvalue weighted by Crippen LogP contribution is -2.32. The standard InChI is InChI=1S/C13H13Cl2IN4O/c14-7-4-8(12(17)21)19-13-9(7)10(15)11(16)20(13)6-2-1-3-18-5-6/h4,6,18H,1-3,5H2,(H2,17,21). The van der Waals surface area contributed by atoms with Crippen LogP contribution in [0.5, 0.6) is 0 Å². The van der Waals surface area contributed by atoms with E-state index < -0.39 is 5.91 Å². The van der Waals surface area contributed by atoms with Crippen molar-refractivity contribution in [2.75, 3.05) is 13.1 Å². The Hall–Kier alpha value is -0.570. The number of nitrogens with zero attached hydrogens (tertiary/aromatic N) is 2. The molecule has 0 spiro atoms. The summed E-state index contributed by atoms with van der Waals surface area (Å²) in [6.45, 7) is 1.86. The molecule has 0 radical (unpaired) electrons. The molecule has 1 aliphatic rings. The zero-order valence-electron chi connectivity index (χ0n) is 11.0. The summed E-state index contributed by atoms with van der Waals surface area (Å²) in [5.41, 5.74) is 6.11. The number of nitrogens with one attached hydrogen (secondary N) is 1. The Morgan fingerprint density at radius 2 is 2.29 bits per heavy atom. The molecule has 3 heterocycles. The van der Waals surface area contributed by atoms with Crippen LogP contribution in [0, 0.1) is 3.70 Å². The number of halogens is 3. The van der Waals surface area contributed by atoms with Crippen molar-refractivity contribution < 1.29 is 4.79 Å². The van der Waals surface area contributed by atoms with Crippen molar-refractivity contribution in [2.24, 2.45) is 5.73 Å². The third-order valence-electron chi connectivity index (χ3n) is 3.68. The van der Waals surface area contributed by atoms with Crippen molar-refractivity contribution in [3.05, 3.63) is 25.5 Å². The molecule has 8 heteroatoms. The van der Waals surface area contributed by atoms with Crippen molar-refractivity contribution in [3.63, 3.8) is 0 Å². The van der Waals surface area contributed by atoms with E-state index in [1.807, 2.05) is 0 Å². The number of piperidine rings is 1. The smallest absolute Gasteiger partial charge is 0.267 e. The molecule has 2 aromatic heterocycles. The molecule has 0 aromatic carbocycles. The highest BCUT2D eigenvalue weighted by Crippen LogP contribution is 2.38. The van der Waals surface area contributed by atoms with Gasteiger partial charge in [0.1, 0.15) is 15.0 Å². The molecule has 3 N–H and O–H groups in total. The van der Waals surface area contributed by atoms with Crippen LogP contribution < -0.4 is 11.1 Å². The molecule has 0 bridgehead atoms. The van der Waals surface area contributed by atoms with E-state index >= 15 is 0 Å². The fraction of sp³-hybridized carbons (Fsp3) is 0.385. The Balaban J connectivity index is 2.27. The third-order valence-corrected chi connectivity index (χ3v) is 5.73. The Bertz CT molecular complexity index is 725. The van der Waals surface area contributed by atoms with Gasteiger partial charge in [-0.15, -0.1) is 0 Å². The number of fused-ring (bicyclic) bond motifs is 1. The molecule has 1 fully saturated rings. The number of aromatic nitrogens is 2. The summed E-state index contributed by atoms with van der Waals surface area (Å²) in [6, 6.07) is 1.71. The van der Waals surface area contributed by atoms with E-state index in [1.54, 1.807) is 0 Å². The normalized spacial score (nSPS) is 19.1. The Morgan fingerprint density at radius 3 is 2.90 bits per heavy atom. The van der Waals surface area contributed by atoms with E-state index in [0.29, 0.717) is 21.1 Å². The minimum Gasteiger partial charge on any atom is -0.364 e. The van der Waals surface area contributed by atoms with Gasteiger partial charge in [0.05, 0.1) is 15.4 Å². The molecule has 2 aromatic rings. The molecule has 112 valence electrons. The van der Waals surface area contributed by atoms with Gasteiger partial charge in [-0.3, -0.25) is 4.79 Å². The summed E-state index contributed by atoms with van der Waals surface area (Å²) in [7, 11) is 0. The van der Waals surface area contributed by atoms with Gasteiger partial charge in [-0.25, -0.2) is 4.98 Å². The molecule has 1 atom stereocenters. The van der Waals surface area contributed by atoms with E-state index in [9.17, 15) is 4.79 Å². The van der Waals surface area contributed by atoms with Crippen molar-refractivity contribution in [3.8, 4) is 0 Å². The predicted octanol–water partition coefficient (Wildman–Crippen LogP) is 2.97. The first kappa shape index (κ1) is 15.3. The van der Waals surface area contributed by atoms with Crippen LogP contribution in [0.25, 0.3) is 11.0 Å². The lowest BCUT2D eigenvalue weighted by molar-refractivity contribution is 0.0996. The number of carbonyl (C=O) groups excluding carboxylic acids is 1. The molecule has 5 nitrogen and oxygen atoms in total. The number of pyridine rings is 1. The molecule has 3 rings (SSSR count). The first-order valence-electron chi connectivity index (χ1n) is 6.56. The topological polar surface area (TPSA) is 72.9 Å². The van der Waals surface area contributed by atoms with Gasteiger partial charge in [0, 0.05) is 12.6 Å². The van der Waals surface area contributed by atoms with E-state index in [0.717, 1.165) is 29.6 Å². The highest BCUT2D eigenvalue weighted by Gasteiger charge is 2.25. The number of nitrogens with two attached hydrogens (primary N) is 1. The summed E-state index contributed by atoms with van der Waals surface area (Å²) in [6.07, 6.45) is 2.12.